The van der Waals surface area contributed by atoms with Crippen LogP contribution in [-0.4, -0.2) is 32.5 Å². The average molecular weight is 268 g/mol. The van der Waals surface area contributed by atoms with E-state index in [2.05, 4.69) is 6.92 Å². The lowest BCUT2D eigenvalue weighted by Crippen LogP contribution is -2.09. The monoisotopic (exact) mass is 268 g/mol. The number of hydrogen-bond acceptors (Lipinski definition) is 4. The quantitative estimate of drug-likeness (QED) is 0.699. The van der Waals surface area contributed by atoms with Crippen molar-refractivity contribution in [1.82, 2.24) is 0 Å². The van der Waals surface area contributed by atoms with E-state index in [0.29, 0.717) is 23.7 Å². The minimum atomic E-state index is -0.702. The molecule has 0 radical (unpaired) electrons. The van der Waals surface area contributed by atoms with Crippen molar-refractivity contribution in [3.63, 3.8) is 0 Å². The summed E-state index contributed by atoms with van der Waals surface area (Å²) in [6.45, 7) is 3.10. The maximum atomic E-state index is 10.1. The number of hydrogen-bond donors (Lipinski definition) is 1. The van der Waals surface area contributed by atoms with E-state index in [1.807, 2.05) is 0 Å². The lowest BCUT2D eigenvalue weighted by atomic mass is 10.1. The van der Waals surface area contributed by atoms with Gasteiger partial charge in [0.1, 0.15) is 17.6 Å². The molecular weight excluding hydrogens is 244 g/mol. The fourth-order valence-electron chi connectivity index (χ4n) is 1.84. The summed E-state index contributed by atoms with van der Waals surface area (Å²) >= 11 is 0. The van der Waals surface area contributed by atoms with E-state index in [1.54, 1.807) is 32.4 Å². The van der Waals surface area contributed by atoms with Crippen LogP contribution in [0, 0.1) is 0 Å². The van der Waals surface area contributed by atoms with E-state index < -0.39 is 6.10 Å². The summed E-state index contributed by atoms with van der Waals surface area (Å²) in [5.74, 6) is 1.34. The summed E-state index contributed by atoms with van der Waals surface area (Å²) in [4.78, 5) is 0. The molecule has 19 heavy (non-hydrogen) atoms. The molecule has 0 bridgehead atoms. The van der Waals surface area contributed by atoms with E-state index in [-0.39, 0.29) is 6.61 Å². The zero-order valence-corrected chi connectivity index (χ0v) is 12.0. The molecule has 1 unspecified atom stereocenters. The summed E-state index contributed by atoms with van der Waals surface area (Å²) in [6.07, 6.45) is 2.64. The molecule has 1 N–H and O–H groups in total. The van der Waals surface area contributed by atoms with Crippen LogP contribution in [0.1, 0.15) is 37.9 Å². The minimum Gasteiger partial charge on any atom is -0.497 e. The Morgan fingerprint density at radius 1 is 1.16 bits per heavy atom. The fourth-order valence-corrected chi connectivity index (χ4v) is 1.84. The lowest BCUT2D eigenvalue weighted by molar-refractivity contribution is 0.0333. The second-order valence-corrected chi connectivity index (χ2v) is 4.41. The van der Waals surface area contributed by atoms with E-state index in [0.717, 1.165) is 19.3 Å². The molecule has 0 heterocycles. The van der Waals surface area contributed by atoms with Crippen LogP contribution in [0.25, 0.3) is 0 Å². The van der Waals surface area contributed by atoms with Gasteiger partial charge >= 0.3 is 0 Å². The normalized spacial score (nSPS) is 12.2. The number of rotatable bonds is 9. The predicted molar refractivity (Wildman–Crippen MR) is 74.8 cm³/mol. The molecule has 4 heteroatoms. The van der Waals surface area contributed by atoms with Crippen LogP contribution in [0.15, 0.2) is 18.2 Å². The molecule has 0 aliphatic heterocycles. The predicted octanol–water partition coefficient (Wildman–Crippen LogP) is 2.94. The average Bonchev–Trinajstić information content (AvgIpc) is 2.46. The Bertz CT molecular complexity index is 365. The van der Waals surface area contributed by atoms with Crippen molar-refractivity contribution in [2.75, 3.05) is 27.4 Å². The summed E-state index contributed by atoms with van der Waals surface area (Å²) in [6, 6.07) is 5.37. The van der Waals surface area contributed by atoms with Gasteiger partial charge < -0.3 is 19.3 Å². The van der Waals surface area contributed by atoms with Crippen molar-refractivity contribution in [2.45, 2.75) is 32.3 Å². The van der Waals surface area contributed by atoms with E-state index >= 15 is 0 Å². The molecule has 0 saturated carbocycles. The first kappa shape index (κ1) is 15.8. The van der Waals surface area contributed by atoms with Crippen molar-refractivity contribution in [3.05, 3.63) is 23.8 Å². The highest BCUT2D eigenvalue weighted by atomic mass is 16.5. The van der Waals surface area contributed by atoms with Crippen LogP contribution in [0.5, 0.6) is 11.5 Å². The first-order valence-electron chi connectivity index (χ1n) is 6.70. The van der Waals surface area contributed by atoms with Crippen molar-refractivity contribution in [3.8, 4) is 11.5 Å². The van der Waals surface area contributed by atoms with Crippen LogP contribution in [0.3, 0.4) is 0 Å². The zero-order chi connectivity index (χ0) is 14.1. The number of methoxy groups -OCH3 is 2. The molecule has 0 spiro atoms. The van der Waals surface area contributed by atoms with Gasteiger partial charge in [-0.15, -0.1) is 0 Å². The molecule has 1 aromatic carbocycles. The first-order valence-corrected chi connectivity index (χ1v) is 6.70. The molecule has 1 atom stereocenters. The summed E-state index contributed by atoms with van der Waals surface area (Å²) in [7, 11) is 3.18. The minimum absolute atomic E-state index is 0.271. The van der Waals surface area contributed by atoms with Gasteiger partial charge in [0.2, 0.25) is 0 Å². The molecule has 4 nitrogen and oxygen atoms in total. The van der Waals surface area contributed by atoms with Crippen LogP contribution >= 0.6 is 0 Å². The third-order valence-corrected chi connectivity index (χ3v) is 2.96. The van der Waals surface area contributed by atoms with E-state index in [4.69, 9.17) is 14.2 Å². The summed E-state index contributed by atoms with van der Waals surface area (Å²) < 4.78 is 15.9. The molecule has 0 aliphatic carbocycles. The first-order chi connectivity index (χ1) is 9.22. The highest BCUT2D eigenvalue weighted by Gasteiger charge is 2.14. The third kappa shape index (κ3) is 5.09. The Hall–Kier alpha value is -1.26. The zero-order valence-electron chi connectivity index (χ0n) is 12.0. The Morgan fingerprint density at radius 3 is 2.58 bits per heavy atom. The standard InChI is InChI=1S/C15H24O4/c1-4-5-6-9-19-11-14(16)13-10-12(17-2)7-8-15(13)18-3/h7-8,10,14,16H,4-6,9,11H2,1-3H3. The van der Waals surface area contributed by atoms with Gasteiger partial charge in [0.05, 0.1) is 20.8 Å². The van der Waals surface area contributed by atoms with Crippen molar-refractivity contribution in [1.29, 1.82) is 0 Å². The number of unbranched alkanes of at least 4 members (excludes halogenated alkanes) is 2. The smallest absolute Gasteiger partial charge is 0.125 e. The maximum Gasteiger partial charge on any atom is 0.125 e. The largest absolute Gasteiger partial charge is 0.497 e. The van der Waals surface area contributed by atoms with Crippen molar-refractivity contribution >= 4 is 0 Å². The topological polar surface area (TPSA) is 47.9 Å². The SMILES string of the molecule is CCCCCOCC(O)c1cc(OC)ccc1OC. The highest BCUT2D eigenvalue weighted by Crippen LogP contribution is 2.29. The Balaban J connectivity index is 2.56. The molecular formula is C15H24O4. The lowest BCUT2D eigenvalue weighted by Gasteiger charge is -2.16. The number of benzene rings is 1. The summed E-state index contributed by atoms with van der Waals surface area (Å²) in [5.41, 5.74) is 0.692. The number of aliphatic hydroxyl groups is 1. The second kappa shape index (κ2) is 8.77. The van der Waals surface area contributed by atoms with Crippen LogP contribution in [0.4, 0.5) is 0 Å². The van der Waals surface area contributed by atoms with Gasteiger partial charge in [0.15, 0.2) is 0 Å². The molecule has 0 aliphatic rings. The molecule has 1 rings (SSSR count). The molecule has 0 saturated heterocycles. The van der Waals surface area contributed by atoms with E-state index in [1.165, 1.54) is 0 Å². The molecule has 0 aromatic heterocycles. The maximum absolute atomic E-state index is 10.1. The van der Waals surface area contributed by atoms with Gasteiger partial charge in [0.25, 0.3) is 0 Å². The second-order valence-electron chi connectivity index (χ2n) is 4.41. The van der Waals surface area contributed by atoms with E-state index in [9.17, 15) is 5.11 Å². The van der Waals surface area contributed by atoms with Gasteiger partial charge in [-0.3, -0.25) is 0 Å². The number of ether oxygens (including phenoxy) is 3. The number of aliphatic hydroxyl groups excluding tert-OH is 1. The third-order valence-electron chi connectivity index (χ3n) is 2.96. The van der Waals surface area contributed by atoms with Crippen molar-refractivity contribution in [2.24, 2.45) is 0 Å². The van der Waals surface area contributed by atoms with Gasteiger partial charge in [-0.1, -0.05) is 19.8 Å². The Morgan fingerprint density at radius 2 is 1.95 bits per heavy atom. The van der Waals surface area contributed by atoms with Crippen LogP contribution < -0.4 is 9.47 Å². The summed E-state index contributed by atoms with van der Waals surface area (Å²) in [5, 5.41) is 10.1. The molecule has 0 fully saturated rings. The van der Waals surface area contributed by atoms with Gasteiger partial charge in [-0.05, 0) is 24.6 Å². The van der Waals surface area contributed by atoms with Crippen LogP contribution in [-0.2, 0) is 4.74 Å². The highest BCUT2D eigenvalue weighted by molar-refractivity contribution is 5.41. The molecule has 108 valence electrons. The van der Waals surface area contributed by atoms with Gasteiger partial charge in [-0.2, -0.15) is 0 Å². The van der Waals surface area contributed by atoms with Gasteiger partial charge in [0, 0.05) is 12.2 Å². The molecule has 1 aromatic rings. The fraction of sp³-hybridized carbons (Fsp3) is 0.600. The van der Waals surface area contributed by atoms with Crippen molar-refractivity contribution < 1.29 is 19.3 Å². The van der Waals surface area contributed by atoms with Gasteiger partial charge in [-0.25, -0.2) is 0 Å². The van der Waals surface area contributed by atoms with Crippen LogP contribution in [0.2, 0.25) is 0 Å². The Kier molecular flexibility index (Phi) is 7.30. The molecule has 0 amide bonds. The Labute approximate surface area is 115 Å².